The van der Waals surface area contributed by atoms with Crippen molar-refractivity contribution in [1.82, 2.24) is 9.80 Å². The Morgan fingerprint density at radius 3 is 2.69 bits per heavy atom. The van der Waals surface area contributed by atoms with E-state index in [0.717, 1.165) is 38.3 Å². The van der Waals surface area contributed by atoms with Crippen LogP contribution in [0.1, 0.15) is 43.6 Å². The van der Waals surface area contributed by atoms with Crippen molar-refractivity contribution >= 4 is 6.41 Å². The number of benzene rings is 1. The molecule has 0 radical (unpaired) electrons. The number of para-hydroxylation sites is 1. The fourth-order valence-electron chi connectivity index (χ4n) is 5.35. The lowest BCUT2D eigenvalue weighted by atomic mass is 9.78. The zero-order valence-corrected chi connectivity index (χ0v) is 15.5. The van der Waals surface area contributed by atoms with Gasteiger partial charge in [0.25, 0.3) is 0 Å². The molecule has 1 unspecified atom stereocenters. The summed E-state index contributed by atoms with van der Waals surface area (Å²) in [4.78, 5) is 15.5. The highest BCUT2D eigenvalue weighted by molar-refractivity contribution is 5.49. The maximum Gasteiger partial charge on any atom is 0.209 e. The van der Waals surface area contributed by atoms with E-state index in [9.17, 15) is 4.79 Å². The molecule has 1 spiro atoms. The number of hydrogen-bond donors (Lipinski definition) is 1. The Balaban J connectivity index is 1.32. The Kier molecular flexibility index (Phi) is 5.18. The van der Waals surface area contributed by atoms with Crippen LogP contribution in [0.4, 0.5) is 0 Å². The number of amides is 1. The van der Waals surface area contributed by atoms with E-state index in [4.69, 9.17) is 9.84 Å². The minimum absolute atomic E-state index is 0.0533. The van der Waals surface area contributed by atoms with Crippen LogP contribution in [0, 0.1) is 5.41 Å². The molecule has 1 aromatic carbocycles. The van der Waals surface area contributed by atoms with Gasteiger partial charge in [0.05, 0.1) is 6.61 Å². The molecule has 0 aromatic heterocycles. The molecular formula is C21H30N2O3. The Bertz CT molecular complexity index is 621. The van der Waals surface area contributed by atoms with Gasteiger partial charge in [-0.2, -0.15) is 0 Å². The van der Waals surface area contributed by atoms with Crippen LogP contribution in [0.5, 0.6) is 5.75 Å². The molecule has 2 aliphatic heterocycles. The van der Waals surface area contributed by atoms with Crippen molar-refractivity contribution in [3.05, 3.63) is 29.8 Å². The summed E-state index contributed by atoms with van der Waals surface area (Å²) >= 11 is 0. The number of likely N-dealkylation sites (tertiary alicyclic amines) is 2. The first-order chi connectivity index (χ1) is 12.7. The van der Waals surface area contributed by atoms with Gasteiger partial charge in [-0.3, -0.25) is 4.79 Å². The van der Waals surface area contributed by atoms with Crippen LogP contribution < -0.4 is 4.74 Å². The van der Waals surface area contributed by atoms with Gasteiger partial charge in [0.2, 0.25) is 6.41 Å². The number of aliphatic hydroxyl groups is 1. The molecule has 5 nitrogen and oxygen atoms in total. The van der Waals surface area contributed by atoms with Crippen LogP contribution in [-0.4, -0.2) is 66.8 Å². The minimum Gasteiger partial charge on any atom is -0.491 e. The predicted molar refractivity (Wildman–Crippen MR) is 100 cm³/mol. The van der Waals surface area contributed by atoms with Gasteiger partial charge in [-0.15, -0.1) is 0 Å². The van der Waals surface area contributed by atoms with E-state index in [1.807, 2.05) is 17.0 Å². The number of carbonyl (C=O) groups is 1. The Morgan fingerprint density at radius 2 is 1.96 bits per heavy atom. The van der Waals surface area contributed by atoms with Crippen LogP contribution in [0.15, 0.2) is 24.3 Å². The quantitative estimate of drug-likeness (QED) is 0.793. The first-order valence-electron chi connectivity index (χ1n) is 9.99. The summed E-state index contributed by atoms with van der Waals surface area (Å²) in [6.45, 7) is 4.65. The van der Waals surface area contributed by atoms with Crippen LogP contribution in [0.3, 0.4) is 0 Å². The van der Waals surface area contributed by atoms with Crippen molar-refractivity contribution in [2.24, 2.45) is 5.41 Å². The highest BCUT2D eigenvalue weighted by atomic mass is 16.5. The van der Waals surface area contributed by atoms with Crippen LogP contribution in [-0.2, 0) is 4.79 Å². The largest absolute Gasteiger partial charge is 0.491 e. The summed E-state index contributed by atoms with van der Waals surface area (Å²) in [5.74, 6) is 1.48. The lowest BCUT2D eigenvalue weighted by Gasteiger charge is -2.47. The molecule has 1 saturated carbocycles. The number of hydrogen-bond acceptors (Lipinski definition) is 4. The monoisotopic (exact) mass is 358 g/mol. The molecule has 1 amide bonds. The van der Waals surface area contributed by atoms with Crippen molar-refractivity contribution in [2.45, 2.75) is 44.1 Å². The normalized spacial score (nSPS) is 26.0. The molecule has 1 N–H and O–H groups in total. The van der Waals surface area contributed by atoms with E-state index in [-0.39, 0.29) is 6.61 Å². The molecule has 3 aliphatic rings. The van der Waals surface area contributed by atoms with Gasteiger partial charge in [0.1, 0.15) is 12.4 Å². The Hall–Kier alpha value is -1.59. The van der Waals surface area contributed by atoms with Crippen molar-refractivity contribution in [3.8, 4) is 5.75 Å². The van der Waals surface area contributed by atoms with Gasteiger partial charge in [0, 0.05) is 24.5 Å². The van der Waals surface area contributed by atoms with Crippen LogP contribution in [0.25, 0.3) is 0 Å². The zero-order valence-electron chi connectivity index (χ0n) is 15.5. The molecule has 1 aromatic rings. The summed E-state index contributed by atoms with van der Waals surface area (Å²) in [6.07, 6.45) is 7.17. The molecule has 142 valence electrons. The highest BCUT2D eigenvalue weighted by Gasteiger charge is 2.49. The second-order valence-electron chi connectivity index (χ2n) is 8.33. The van der Waals surface area contributed by atoms with Gasteiger partial charge in [-0.25, -0.2) is 0 Å². The highest BCUT2D eigenvalue weighted by Crippen LogP contribution is 2.47. The third-order valence-electron chi connectivity index (χ3n) is 6.66. The average Bonchev–Trinajstić information content (AvgIpc) is 3.11. The fourth-order valence-corrected chi connectivity index (χ4v) is 5.35. The third-order valence-corrected chi connectivity index (χ3v) is 6.66. The van der Waals surface area contributed by atoms with Crippen molar-refractivity contribution in [3.63, 3.8) is 0 Å². The molecule has 4 rings (SSSR count). The number of nitrogens with zero attached hydrogens (tertiary/aromatic N) is 2. The molecule has 2 heterocycles. The van der Waals surface area contributed by atoms with E-state index in [1.54, 1.807) is 0 Å². The molecule has 2 saturated heterocycles. The molecule has 0 bridgehead atoms. The van der Waals surface area contributed by atoms with Crippen molar-refractivity contribution in [2.75, 3.05) is 39.4 Å². The van der Waals surface area contributed by atoms with E-state index >= 15 is 0 Å². The lowest BCUT2D eigenvalue weighted by molar-refractivity contribution is -0.129. The van der Waals surface area contributed by atoms with Crippen LogP contribution >= 0.6 is 0 Å². The second kappa shape index (κ2) is 7.57. The number of rotatable bonds is 6. The molecule has 1 aliphatic carbocycles. The smallest absolute Gasteiger partial charge is 0.209 e. The molecule has 26 heavy (non-hydrogen) atoms. The average molecular weight is 358 g/mol. The van der Waals surface area contributed by atoms with Crippen molar-refractivity contribution < 1.29 is 14.6 Å². The minimum atomic E-state index is 0.0533. The van der Waals surface area contributed by atoms with Gasteiger partial charge >= 0.3 is 0 Å². The number of ether oxygens (including phenoxy) is 1. The number of carbonyl (C=O) groups excluding carboxylic acids is 1. The zero-order chi connectivity index (χ0) is 18.0. The van der Waals surface area contributed by atoms with E-state index < -0.39 is 0 Å². The van der Waals surface area contributed by atoms with Gasteiger partial charge in [-0.05, 0) is 62.7 Å². The standard InChI is InChI=1S/C21H30N2O3/c24-11-12-26-20-4-2-1-3-19(20)17-6-9-23(10-7-17)18-5-8-21(13-18)14-22(15-21)16-25/h1-4,16-18,24H,5-15H2. The molecule has 1 atom stereocenters. The molecule has 3 fully saturated rings. The summed E-state index contributed by atoms with van der Waals surface area (Å²) in [5.41, 5.74) is 1.72. The first-order valence-corrected chi connectivity index (χ1v) is 9.99. The fraction of sp³-hybridized carbons (Fsp3) is 0.667. The summed E-state index contributed by atoms with van der Waals surface area (Å²) in [6, 6.07) is 8.99. The summed E-state index contributed by atoms with van der Waals surface area (Å²) in [5, 5.41) is 9.03. The number of aliphatic hydroxyl groups excluding tert-OH is 1. The van der Waals surface area contributed by atoms with E-state index in [2.05, 4.69) is 17.0 Å². The van der Waals surface area contributed by atoms with Gasteiger partial charge in [0.15, 0.2) is 0 Å². The van der Waals surface area contributed by atoms with Crippen molar-refractivity contribution in [1.29, 1.82) is 0 Å². The molecule has 5 heteroatoms. The topological polar surface area (TPSA) is 53.0 Å². The SMILES string of the molecule is O=CN1CC2(CCC(N3CCC(c4ccccc4OCCO)CC3)C2)C1. The van der Waals surface area contributed by atoms with E-state index in [0.29, 0.717) is 24.0 Å². The number of piperidine rings is 1. The summed E-state index contributed by atoms with van der Waals surface area (Å²) in [7, 11) is 0. The Morgan fingerprint density at radius 1 is 1.19 bits per heavy atom. The Labute approximate surface area is 155 Å². The third kappa shape index (κ3) is 3.47. The molecular weight excluding hydrogens is 328 g/mol. The summed E-state index contributed by atoms with van der Waals surface area (Å²) < 4.78 is 5.74. The van der Waals surface area contributed by atoms with Gasteiger partial charge < -0.3 is 19.6 Å². The predicted octanol–water partition coefficient (Wildman–Crippen LogP) is 2.25. The maximum absolute atomic E-state index is 10.9. The second-order valence-corrected chi connectivity index (χ2v) is 8.33. The van der Waals surface area contributed by atoms with Crippen LogP contribution in [0.2, 0.25) is 0 Å². The van der Waals surface area contributed by atoms with E-state index in [1.165, 1.54) is 37.7 Å². The lowest BCUT2D eigenvalue weighted by Crippen LogP contribution is -2.55. The van der Waals surface area contributed by atoms with Gasteiger partial charge in [-0.1, -0.05) is 18.2 Å². The first kappa shape index (κ1) is 17.8. The maximum atomic E-state index is 10.9.